The lowest BCUT2D eigenvalue weighted by molar-refractivity contribution is 0.0981. The number of nitrogens with zero attached hydrogens (tertiary/aromatic N) is 1. The highest BCUT2D eigenvalue weighted by atomic mass is 79.9. The van der Waals surface area contributed by atoms with Crippen LogP contribution in [-0.4, -0.2) is 10.9 Å². The second kappa shape index (κ2) is 3.95. The van der Waals surface area contributed by atoms with Crippen LogP contribution in [0.15, 0.2) is 10.8 Å². The van der Waals surface area contributed by atoms with E-state index in [9.17, 15) is 18.0 Å². The van der Waals surface area contributed by atoms with Crippen LogP contribution in [0.5, 0.6) is 0 Å². The first-order valence-corrected chi connectivity index (χ1v) is 4.16. The molecule has 0 aliphatic carbocycles. The molecule has 0 radical (unpaired) electrons. The molecule has 1 aromatic heterocycles. The molecule has 1 heterocycles. The van der Waals surface area contributed by atoms with E-state index in [1.165, 1.54) is 0 Å². The Kier molecular flexibility index (Phi) is 3.10. The van der Waals surface area contributed by atoms with Crippen molar-refractivity contribution in [1.82, 2.24) is 4.98 Å². The normalized spacial score (nSPS) is 10.6. The van der Waals surface area contributed by atoms with E-state index in [0.29, 0.717) is 6.20 Å². The summed E-state index contributed by atoms with van der Waals surface area (Å²) >= 11 is 2.74. The monoisotopic (exact) mass is 268 g/mol. The van der Waals surface area contributed by atoms with Crippen LogP contribution in [0.4, 0.5) is 13.2 Å². The van der Waals surface area contributed by atoms with Gasteiger partial charge in [-0.25, -0.2) is 18.2 Å². The summed E-state index contributed by atoms with van der Waals surface area (Å²) in [6.07, 6.45) is -2.52. The standard InChI is InChI=1S/C7H4BrF3N2O/c8-5-4(7(12)14)3(6(10)11)2(9)1-13-5/h1,6H,(H2,12,14). The van der Waals surface area contributed by atoms with Crippen molar-refractivity contribution in [3.8, 4) is 0 Å². The SMILES string of the molecule is NC(=O)c1c(Br)ncc(F)c1C(F)F. The number of alkyl halides is 2. The first kappa shape index (κ1) is 11.0. The van der Waals surface area contributed by atoms with Gasteiger partial charge in [-0.15, -0.1) is 0 Å². The van der Waals surface area contributed by atoms with Gasteiger partial charge >= 0.3 is 0 Å². The highest BCUT2D eigenvalue weighted by molar-refractivity contribution is 9.10. The Labute approximate surface area is 85.2 Å². The van der Waals surface area contributed by atoms with E-state index in [1.54, 1.807) is 0 Å². The van der Waals surface area contributed by atoms with Gasteiger partial charge in [0, 0.05) is 0 Å². The van der Waals surface area contributed by atoms with Crippen molar-refractivity contribution >= 4 is 21.8 Å². The third-order valence-corrected chi connectivity index (χ3v) is 2.09. The molecule has 0 saturated carbocycles. The van der Waals surface area contributed by atoms with Crippen LogP contribution in [0.2, 0.25) is 0 Å². The quantitative estimate of drug-likeness (QED) is 0.835. The fraction of sp³-hybridized carbons (Fsp3) is 0.143. The van der Waals surface area contributed by atoms with Gasteiger partial charge in [-0.1, -0.05) is 0 Å². The Morgan fingerprint density at radius 1 is 1.57 bits per heavy atom. The minimum atomic E-state index is -3.11. The number of nitrogens with two attached hydrogens (primary N) is 1. The maximum absolute atomic E-state index is 12.9. The smallest absolute Gasteiger partial charge is 0.267 e. The van der Waals surface area contributed by atoms with Gasteiger partial charge in [-0.2, -0.15) is 0 Å². The summed E-state index contributed by atoms with van der Waals surface area (Å²) in [7, 11) is 0. The second-order valence-electron chi connectivity index (χ2n) is 2.35. The molecule has 76 valence electrons. The van der Waals surface area contributed by atoms with Crippen molar-refractivity contribution in [3.05, 3.63) is 27.7 Å². The highest BCUT2D eigenvalue weighted by Gasteiger charge is 2.24. The third-order valence-electron chi connectivity index (χ3n) is 1.49. The van der Waals surface area contributed by atoms with Crippen molar-refractivity contribution in [2.24, 2.45) is 5.73 Å². The number of carbonyl (C=O) groups excluding carboxylic acids is 1. The van der Waals surface area contributed by atoms with Crippen molar-refractivity contribution in [2.75, 3.05) is 0 Å². The number of hydrogen-bond donors (Lipinski definition) is 1. The molecule has 0 aromatic carbocycles. The first-order chi connectivity index (χ1) is 6.45. The van der Waals surface area contributed by atoms with Gasteiger partial charge in [0.2, 0.25) is 0 Å². The average Bonchev–Trinajstić information content (AvgIpc) is 2.07. The minimum absolute atomic E-state index is 0.193. The molecule has 0 fully saturated rings. The molecule has 3 nitrogen and oxygen atoms in total. The largest absolute Gasteiger partial charge is 0.366 e. The Balaban J connectivity index is 3.50. The molecule has 0 aliphatic heterocycles. The van der Waals surface area contributed by atoms with Crippen molar-refractivity contribution < 1.29 is 18.0 Å². The molecule has 0 aliphatic rings. The Bertz CT molecular complexity index is 383. The van der Waals surface area contributed by atoms with Gasteiger partial charge in [0.05, 0.1) is 17.3 Å². The topological polar surface area (TPSA) is 56.0 Å². The molecule has 7 heteroatoms. The molecule has 0 saturated heterocycles. The van der Waals surface area contributed by atoms with E-state index in [2.05, 4.69) is 20.9 Å². The van der Waals surface area contributed by atoms with Crippen LogP contribution in [0.25, 0.3) is 0 Å². The van der Waals surface area contributed by atoms with Crippen LogP contribution in [0.1, 0.15) is 22.3 Å². The summed E-state index contributed by atoms with van der Waals surface area (Å²) in [6.45, 7) is 0. The predicted molar refractivity (Wildman–Crippen MR) is 45.4 cm³/mol. The zero-order chi connectivity index (χ0) is 10.9. The third kappa shape index (κ3) is 1.87. The number of aromatic nitrogens is 1. The van der Waals surface area contributed by atoms with E-state index < -0.39 is 29.3 Å². The molecule has 1 rings (SSSR count). The number of rotatable bonds is 2. The summed E-state index contributed by atoms with van der Waals surface area (Å²) in [5, 5.41) is 0. The molecule has 2 N–H and O–H groups in total. The molecule has 1 aromatic rings. The molecule has 1 amide bonds. The number of primary amides is 1. The summed E-state index contributed by atoms with van der Waals surface area (Å²) in [6, 6.07) is 0. The van der Waals surface area contributed by atoms with Gasteiger partial charge < -0.3 is 5.73 Å². The van der Waals surface area contributed by atoms with Crippen molar-refractivity contribution in [3.63, 3.8) is 0 Å². The van der Waals surface area contributed by atoms with Gasteiger partial charge in [0.1, 0.15) is 4.60 Å². The molecule has 0 unspecified atom stereocenters. The van der Waals surface area contributed by atoms with Crippen molar-refractivity contribution in [2.45, 2.75) is 6.43 Å². The number of hydrogen-bond acceptors (Lipinski definition) is 2. The maximum atomic E-state index is 12.9. The lowest BCUT2D eigenvalue weighted by Crippen LogP contribution is -2.17. The molecule has 0 bridgehead atoms. The lowest BCUT2D eigenvalue weighted by atomic mass is 10.1. The summed E-state index contributed by atoms with van der Waals surface area (Å²) < 4.78 is 37.3. The molecular formula is C7H4BrF3N2O. The average molecular weight is 269 g/mol. The number of halogens is 4. The van der Waals surface area contributed by atoms with Crippen molar-refractivity contribution in [1.29, 1.82) is 0 Å². The lowest BCUT2D eigenvalue weighted by Gasteiger charge is -2.07. The van der Waals surface area contributed by atoms with E-state index in [0.717, 1.165) is 0 Å². The van der Waals surface area contributed by atoms with Gasteiger partial charge in [0.25, 0.3) is 12.3 Å². The summed E-state index contributed by atoms with van der Waals surface area (Å²) in [4.78, 5) is 14.1. The zero-order valence-electron chi connectivity index (χ0n) is 6.60. The first-order valence-electron chi connectivity index (χ1n) is 3.37. The van der Waals surface area contributed by atoms with Gasteiger partial charge in [0.15, 0.2) is 5.82 Å². The van der Waals surface area contributed by atoms with E-state index in [1.807, 2.05) is 0 Å². The number of carbonyl (C=O) groups is 1. The fourth-order valence-electron chi connectivity index (χ4n) is 0.926. The Morgan fingerprint density at radius 3 is 2.50 bits per heavy atom. The molecular weight excluding hydrogens is 265 g/mol. The van der Waals surface area contributed by atoms with Crippen LogP contribution in [-0.2, 0) is 0 Å². The van der Waals surface area contributed by atoms with Crippen LogP contribution >= 0.6 is 15.9 Å². The second-order valence-corrected chi connectivity index (χ2v) is 3.10. The molecule has 0 atom stereocenters. The van der Waals surface area contributed by atoms with Gasteiger partial charge in [-0.05, 0) is 15.9 Å². The van der Waals surface area contributed by atoms with Crippen LogP contribution in [0, 0.1) is 5.82 Å². The molecule has 0 spiro atoms. The van der Waals surface area contributed by atoms with Crippen LogP contribution in [0.3, 0.4) is 0 Å². The Hall–Kier alpha value is -1.11. The van der Waals surface area contributed by atoms with Gasteiger partial charge in [-0.3, -0.25) is 4.79 Å². The summed E-state index contributed by atoms with van der Waals surface area (Å²) in [5.74, 6) is -2.41. The zero-order valence-corrected chi connectivity index (χ0v) is 8.19. The number of pyridine rings is 1. The number of amides is 1. The summed E-state index contributed by atoms with van der Waals surface area (Å²) in [5.41, 5.74) is 3.16. The fourth-order valence-corrected chi connectivity index (χ4v) is 1.44. The van der Waals surface area contributed by atoms with E-state index in [-0.39, 0.29) is 4.60 Å². The van der Waals surface area contributed by atoms with Crippen LogP contribution < -0.4 is 5.73 Å². The molecule has 14 heavy (non-hydrogen) atoms. The van der Waals surface area contributed by atoms with E-state index >= 15 is 0 Å². The minimum Gasteiger partial charge on any atom is -0.366 e. The highest BCUT2D eigenvalue weighted by Crippen LogP contribution is 2.29. The van der Waals surface area contributed by atoms with E-state index in [4.69, 9.17) is 5.73 Å². The Morgan fingerprint density at radius 2 is 2.14 bits per heavy atom. The maximum Gasteiger partial charge on any atom is 0.267 e. The predicted octanol–water partition coefficient (Wildman–Crippen LogP) is 2.02.